The second-order valence-corrected chi connectivity index (χ2v) is 5.37. The normalized spacial score (nSPS) is 11.4. The van der Waals surface area contributed by atoms with Crippen molar-refractivity contribution in [2.24, 2.45) is 10.7 Å². The number of aliphatic imine (C=N–C) groups is 1. The Morgan fingerprint density at radius 1 is 1.13 bits per heavy atom. The quantitative estimate of drug-likeness (QED) is 0.633. The summed E-state index contributed by atoms with van der Waals surface area (Å²) in [6.07, 6.45) is 0.168. The van der Waals surface area contributed by atoms with Crippen molar-refractivity contribution < 1.29 is 9.47 Å². The molecule has 0 bridgehead atoms. The molecule has 0 aromatic heterocycles. The van der Waals surface area contributed by atoms with E-state index in [1.54, 1.807) is 7.11 Å². The van der Waals surface area contributed by atoms with Gasteiger partial charge in [-0.25, -0.2) is 4.99 Å². The molecule has 23 heavy (non-hydrogen) atoms. The molecule has 0 aliphatic rings. The molecule has 2 aromatic carbocycles. The highest BCUT2D eigenvalue weighted by Crippen LogP contribution is 2.17. The minimum Gasteiger partial charge on any atom is -0.497 e. The zero-order chi connectivity index (χ0) is 16.7. The lowest BCUT2D eigenvalue weighted by Crippen LogP contribution is -2.22. The van der Waals surface area contributed by atoms with Crippen LogP contribution in [-0.2, 0) is 6.54 Å². The molecular formula is C18H23N3O2. The Balaban J connectivity index is 1.93. The van der Waals surface area contributed by atoms with E-state index < -0.39 is 0 Å². The Kier molecular flexibility index (Phi) is 5.86. The Hall–Kier alpha value is -2.69. The van der Waals surface area contributed by atoms with Gasteiger partial charge >= 0.3 is 0 Å². The number of nitrogens with zero attached hydrogens (tertiary/aromatic N) is 1. The Morgan fingerprint density at radius 2 is 1.87 bits per heavy atom. The molecule has 122 valence electrons. The smallest absolute Gasteiger partial charge is 0.193 e. The van der Waals surface area contributed by atoms with Crippen LogP contribution in [0.2, 0.25) is 0 Å². The van der Waals surface area contributed by atoms with Crippen LogP contribution in [-0.4, -0.2) is 19.2 Å². The van der Waals surface area contributed by atoms with Crippen LogP contribution in [0.4, 0.5) is 5.69 Å². The molecule has 0 saturated carbocycles. The van der Waals surface area contributed by atoms with Crippen molar-refractivity contribution in [2.45, 2.75) is 26.5 Å². The lowest BCUT2D eigenvalue weighted by atomic mass is 10.2. The van der Waals surface area contributed by atoms with Crippen LogP contribution in [0.15, 0.2) is 53.5 Å². The van der Waals surface area contributed by atoms with Crippen molar-refractivity contribution in [1.29, 1.82) is 0 Å². The molecule has 2 aromatic rings. The largest absolute Gasteiger partial charge is 0.497 e. The summed E-state index contributed by atoms with van der Waals surface area (Å²) < 4.78 is 10.8. The highest BCUT2D eigenvalue weighted by Gasteiger charge is 2.00. The molecule has 5 heteroatoms. The van der Waals surface area contributed by atoms with Crippen molar-refractivity contribution in [1.82, 2.24) is 0 Å². The summed E-state index contributed by atoms with van der Waals surface area (Å²) in [5.74, 6) is 1.99. The van der Waals surface area contributed by atoms with Gasteiger partial charge in [-0.1, -0.05) is 18.2 Å². The van der Waals surface area contributed by atoms with Crippen molar-refractivity contribution >= 4 is 11.6 Å². The van der Waals surface area contributed by atoms with Gasteiger partial charge in [-0.15, -0.1) is 0 Å². The van der Waals surface area contributed by atoms with Gasteiger partial charge in [0, 0.05) is 11.8 Å². The third kappa shape index (κ3) is 5.54. The number of rotatable bonds is 6. The number of hydrogen-bond acceptors (Lipinski definition) is 3. The molecule has 0 aliphatic carbocycles. The van der Waals surface area contributed by atoms with E-state index in [9.17, 15) is 0 Å². The molecule has 0 unspecified atom stereocenters. The highest BCUT2D eigenvalue weighted by molar-refractivity contribution is 5.92. The molecule has 5 nitrogen and oxygen atoms in total. The van der Waals surface area contributed by atoms with Gasteiger partial charge in [0.15, 0.2) is 5.96 Å². The van der Waals surface area contributed by atoms with Crippen LogP contribution in [0.5, 0.6) is 11.5 Å². The van der Waals surface area contributed by atoms with E-state index in [-0.39, 0.29) is 6.10 Å². The number of methoxy groups -OCH3 is 1. The number of guanidine groups is 1. The summed E-state index contributed by atoms with van der Waals surface area (Å²) in [6, 6.07) is 15.4. The fraction of sp³-hybridized carbons (Fsp3) is 0.278. The zero-order valence-corrected chi connectivity index (χ0v) is 13.7. The molecule has 0 fully saturated rings. The average molecular weight is 313 g/mol. The maximum absolute atomic E-state index is 5.91. The van der Waals surface area contributed by atoms with E-state index in [1.165, 1.54) is 0 Å². The minimum absolute atomic E-state index is 0.168. The maximum atomic E-state index is 5.91. The number of ether oxygens (including phenoxy) is 2. The second kappa shape index (κ2) is 8.08. The Bertz CT molecular complexity index is 652. The summed E-state index contributed by atoms with van der Waals surface area (Å²) >= 11 is 0. The standard InChI is InChI=1S/C18H23N3O2/c1-13(2)23-16-9-7-14(8-10-16)12-20-18(19)21-15-5-4-6-17(11-15)22-3/h4-11,13H,12H2,1-3H3,(H3,19,20,21). The Morgan fingerprint density at radius 3 is 2.52 bits per heavy atom. The predicted molar refractivity (Wildman–Crippen MR) is 94.1 cm³/mol. The SMILES string of the molecule is COc1cccc(NC(N)=NCc2ccc(OC(C)C)cc2)c1. The summed E-state index contributed by atoms with van der Waals surface area (Å²) in [6.45, 7) is 4.51. The molecule has 0 amide bonds. The monoisotopic (exact) mass is 313 g/mol. The van der Waals surface area contributed by atoms with Gasteiger partial charge in [0.25, 0.3) is 0 Å². The van der Waals surface area contributed by atoms with E-state index in [0.29, 0.717) is 12.5 Å². The predicted octanol–water partition coefficient (Wildman–Crippen LogP) is 3.41. The van der Waals surface area contributed by atoms with Crippen LogP contribution in [0.25, 0.3) is 0 Å². The van der Waals surface area contributed by atoms with Gasteiger partial charge in [-0.2, -0.15) is 0 Å². The summed E-state index contributed by atoms with van der Waals surface area (Å²) in [5.41, 5.74) is 7.82. The van der Waals surface area contributed by atoms with Gasteiger partial charge in [0.2, 0.25) is 0 Å². The van der Waals surface area contributed by atoms with Crippen LogP contribution < -0.4 is 20.5 Å². The number of benzene rings is 2. The van der Waals surface area contributed by atoms with E-state index in [2.05, 4.69) is 10.3 Å². The third-order valence-corrected chi connectivity index (χ3v) is 3.07. The minimum atomic E-state index is 0.168. The first-order valence-corrected chi connectivity index (χ1v) is 7.53. The second-order valence-electron chi connectivity index (χ2n) is 5.37. The first kappa shape index (κ1) is 16.7. The molecule has 0 radical (unpaired) electrons. The third-order valence-electron chi connectivity index (χ3n) is 3.07. The number of anilines is 1. The van der Waals surface area contributed by atoms with E-state index in [0.717, 1.165) is 22.7 Å². The summed E-state index contributed by atoms with van der Waals surface area (Å²) in [7, 11) is 1.63. The average Bonchev–Trinajstić information content (AvgIpc) is 2.54. The summed E-state index contributed by atoms with van der Waals surface area (Å²) in [5, 5.41) is 3.05. The van der Waals surface area contributed by atoms with Crippen LogP contribution in [0, 0.1) is 0 Å². The molecule has 0 aliphatic heterocycles. The highest BCUT2D eigenvalue weighted by atomic mass is 16.5. The fourth-order valence-corrected chi connectivity index (χ4v) is 2.01. The molecule has 0 saturated heterocycles. The van der Waals surface area contributed by atoms with Gasteiger partial charge in [0.1, 0.15) is 11.5 Å². The molecule has 2 rings (SSSR count). The number of nitrogens with two attached hydrogens (primary N) is 1. The lowest BCUT2D eigenvalue weighted by Gasteiger charge is -2.10. The zero-order valence-electron chi connectivity index (χ0n) is 13.7. The molecule has 0 spiro atoms. The van der Waals surface area contributed by atoms with Crippen LogP contribution in [0.3, 0.4) is 0 Å². The molecule has 3 N–H and O–H groups in total. The van der Waals surface area contributed by atoms with Gasteiger partial charge in [-0.3, -0.25) is 0 Å². The van der Waals surface area contributed by atoms with E-state index in [4.69, 9.17) is 15.2 Å². The van der Waals surface area contributed by atoms with Gasteiger partial charge < -0.3 is 20.5 Å². The van der Waals surface area contributed by atoms with Crippen molar-refractivity contribution in [2.75, 3.05) is 12.4 Å². The molecular weight excluding hydrogens is 290 g/mol. The molecule has 0 atom stereocenters. The summed E-state index contributed by atoms with van der Waals surface area (Å²) in [4.78, 5) is 4.34. The van der Waals surface area contributed by atoms with Gasteiger partial charge in [0.05, 0.1) is 19.8 Å². The van der Waals surface area contributed by atoms with Crippen molar-refractivity contribution in [3.8, 4) is 11.5 Å². The van der Waals surface area contributed by atoms with Crippen molar-refractivity contribution in [3.05, 3.63) is 54.1 Å². The topological polar surface area (TPSA) is 68.9 Å². The maximum Gasteiger partial charge on any atom is 0.193 e. The number of nitrogens with one attached hydrogen (secondary N) is 1. The van der Waals surface area contributed by atoms with Crippen molar-refractivity contribution in [3.63, 3.8) is 0 Å². The van der Waals surface area contributed by atoms with Crippen LogP contribution in [0.1, 0.15) is 19.4 Å². The lowest BCUT2D eigenvalue weighted by molar-refractivity contribution is 0.242. The first-order chi connectivity index (χ1) is 11.1. The first-order valence-electron chi connectivity index (χ1n) is 7.53. The van der Waals surface area contributed by atoms with Crippen LogP contribution >= 0.6 is 0 Å². The molecule has 0 heterocycles. The number of hydrogen-bond donors (Lipinski definition) is 2. The van der Waals surface area contributed by atoms with Gasteiger partial charge in [-0.05, 0) is 43.7 Å². The Labute approximate surface area is 137 Å². The fourth-order valence-electron chi connectivity index (χ4n) is 2.01. The van der Waals surface area contributed by atoms with E-state index in [1.807, 2.05) is 62.4 Å². The van der Waals surface area contributed by atoms with E-state index >= 15 is 0 Å².